The SMILES string of the molecule is C=C/C(C)=C1/NC(c2ccccc2O)=CC(=NC2CCN(C3CCSC3)CC2)N1C. The van der Waals surface area contributed by atoms with Crippen molar-refractivity contribution in [1.29, 1.82) is 0 Å². The number of phenolic OH excluding ortho intramolecular Hbond substituents is 1. The molecule has 5 nitrogen and oxygen atoms in total. The average Bonchev–Trinajstić information content (AvgIpc) is 3.30. The number of nitrogens with zero attached hydrogens (tertiary/aromatic N) is 3. The predicted octanol–water partition coefficient (Wildman–Crippen LogP) is 4.05. The largest absolute Gasteiger partial charge is 0.507 e. The lowest BCUT2D eigenvalue weighted by atomic mass is 10.0. The number of benzene rings is 1. The van der Waals surface area contributed by atoms with Crippen LogP contribution in [0.5, 0.6) is 5.75 Å². The summed E-state index contributed by atoms with van der Waals surface area (Å²) in [5.41, 5.74) is 2.68. The second kappa shape index (κ2) is 9.31. The summed E-state index contributed by atoms with van der Waals surface area (Å²) < 4.78 is 0. The maximum Gasteiger partial charge on any atom is 0.131 e. The lowest BCUT2D eigenvalue weighted by Gasteiger charge is -2.36. The van der Waals surface area contributed by atoms with E-state index in [1.54, 1.807) is 6.07 Å². The number of likely N-dealkylation sites (tertiary alicyclic amines) is 1. The molecule has 1 aromatic carbocycles. The van der Waals surface area contributed by atoms with E-state index in [-0.39, 0.29) is 5.75 Å². The average molecular weight is 425 g/mol. The van der Waals surface area contributed by atoms with Crippen molar-refractivity contribution in [1.82, 2.24) is 15.1 Å². The van der Waals surface area contributed by atoms with Crippen LogP contribution in [0.25, 0.3) is 5.70 Å². The molecule has 3 heterocycles. The van der Waals surface area contributed by atoms with Crippen molar-refractivity contribution in [2.45, 2.75) is 38.3 Å². The Morgan fingerprint density at radius 3 is 2.70 bits per heavy atom. The van der Waals surface area contributed by atoms with Crippen molar-refractivity contribution in [2.24, 2.45) is 4.99 Å². The van der Waals surface area contributed by atoms with Crippen LogP contribution >= 0.6 is 11.8 Å². The number of rotatable bonds is 4. The molecule has 160 valence electrons. The molecule has 0 amide bonds. The van der Waals surface area contributed by atoms with E-state index in [0.29, 0.717) is 6.04 Å². The maximum atomic E-state index is 10.4. The molecule has 2 fully saturated rings. The molecule has 30 heavy (non-hydrogen) atoms. The van der Waals surface area contributed by atoms with Crippen LogP contribution < -0.4 is 5.32 Å². The van der Waals surface area contributed by atoms with E-state index in [1.807, 2.05) is 38.2 Å². The number of piperidine rings is 1. The number of hydrogen-bond acceptors (Lipinski definition) is 5. The summed E-state index contributed by atoms with van der Waals surface area (Å²) in [6.45, 7) is 8.24. The van der Waals surface area contributed by atoms with Crippen molar-refractivity contribution in [2.75, 3.05) is 31.6 Å². The molecule has 0 aliphatic carbocycles. The molecule has 3 aliphatic rings. The fourth-order valence-electron chi connectivity index (χ4n) is 4.40. The highest BCUT2D eigenvalue weighted by Crippen LogP contribution is 2.29. The molecule has 0 saturated carbocycles. The molecule has 0 aromatic heterocycles. The Balaban J connectivity index is 1.59. The second-order valence-electron chi connectivity index (χ2n) is 8.27. The molecule has 1 unspecified atom stereocenters. The zero-order chi connectivity index (χ0) is 21.1. The van der Waals surface area contributed by atoms with Gasteiger partial charge in [-0.2, -0.15) is 11.8 Å². The molecule has 3 aliphatic heterocycles. The van der Waals surface area contributed by atoms with Crippen LogP contribution in [0.4, 0.5) is 0 Å². The molecule has 1 aromatic rings. The smallest absolute Gasteiger partial charge is 0.131 e. The molecular formula is C24H32N4OS. The zero-order valence-corrected chi connectivity index (χ0v) is 18.8. The van der Waals surface area contributed by atoms with Crippen molar-refractivity contribution in [3.05, 3.63) is 60.0 Å². The van der Waals surface area contributed by atoms with Crippen molar-refractivity contribution in [3.8, 4) is 5.75 Å². The zero-order valence-electron chi connectivity index (χ0n) is 18.0. The van der Waals surface area contributed by atoms with E-state index in [4.69, 9.17) is 4.99 Å². The minimum Gasteiger partial charge on any atom is -0.507 e. The first-order valence-electron chi connectivity index (χ1n) is 10.8. The number of para-hydroxylation sites is 1. The molecular weight excluding hydrogens is 392 g/mol. The van der Waals surface area contributed by atoms with Gasteiger partial charge in [0.25, 0.3) is 0 Å². The van der Waals surface area contributed by atoms with Crippen molar-refractivity contribution >= 4 is 23.3 Å². The van der Waals surface area contributed by atoms with Gasteiger partial charge in [0, 0.05) is 43.6 Å². The number of nitrogens with one attached hydrogen (secondary N) is 1. The molecule has 2 N–H and O–H groups in total. The van der Waals surface area contributed by atoms with Gasteiger partial charge in [-0.3, -0.25) is 9.89 Å². The van der Waals surface area contributed by atoms with Gasteiger partial charge < -0.3 is 15.3 Å². The van der Waals surface area contributed by atoms with Gasteiger partial charge in [-0.25, -0.2) is 0 Å². The molecule has 2 saturated heterocycles. The van der Waals surface area contributed by atoms with Crippen LogP contribution in [-0.2, 0) is 0 Å². The van der Waals surface area contributed by atoms with E-state index >= 15 is 0 Å². The number of aromatic hydroxyl groups is 1. The summed E-state index contributed by atoms with van der Waals surface area (Å²) in [7, 11) is 2.04. The van der Waals surface area contributed by atoms with Crippen LogP contribution in [0.1, 0.15) is 31.7 Å². The van der Waals surface area contributed by atoms with Crippen LogP contribution in [-0.4, -0.2) is 64.5 Å². The molecule has 4 rings (SSSR count). The fourth-order valence-corrected chi connectivity index (χ4v) is 5.65. The van der Waals surface area contributed by atoms with Crippen molar-refractivity contribution < 1.29 is 5.11 Å². The molecule has 1 atom stereocenters. The van der Waals surface area contributed by atoms with Crippen LogP contribution in [0.15, 0.2) is 59.4 Å². The lowest BCUT2D eigenvalue weighted by molar-refractivity contribution is 0.166. The van der Waals surface area contributed by atoms with E-state index in [9.17, 15) is 5.11 Å². The Labute approximate surface area is 184 Å². The second-order valence-corrected chi connectivity index (χ2v) is 9.42. The third-order valence-corrected chi connectivity index (χ3v) is 7.46. The van der Waals surface area contributed by atoms with Gasteiger partial charge in [-0.05, 0) is 49.6 Å². The summed E-state index contributed by atoms with van der Waals surface area (Å²) >= 11 is 2.09. The quantitative estimate of drug-likeness (QED) is 0.764. The Bertz CT molecular complexity index is 877. The highest BCUT2D eigenvalue weighted by molar-refractivity contribution is 7.99. The van der Waals surface area contributed by atoms with Gasteiger partial charge in [0.2, 0.25) is 0 Å². The van der Waals surface area contributed by atoms with Crippen molar-refractivity contribution in [3.63, 3.8) is 0 Å². The highest BCUT2D eigenvalue weighted by Gasteiger charge is 2.28. The van der Waals surface area contributed by atoms with E-state index in [2.05, 4.69) is 39.5 Å². The van der Waals surface area contributed by atoms with Gasteiger partial charge in [-0.15, -0.1) is 0 Å². The standard InChI is InChI=1S/C24H32N4OS/c1-4-17(2)24-26-21(20-7-5-6-8-22(20)29)15-23(27(24)3)25-18-9-12-28(13-10-18)19-11-14-30-16-19/h4-8,15,18-19,26,29H,1,9-14,16H2,2-3H3/b24-17-,25-23?. The van der Waals surface area contributed by atoms with Gasteiger partial charge in [0.15, 0.2) is 0 Å². The normalized spacial score (nSPS) is 26.5. The van der Waals surface area contributed by atoms with Gasteiger partial charge >= 0.3 is 0 Å². The molecule has 0 bridgehead atoms. The Morgan fingerprint density at radius 1 is 1.27 bits per heavy atom. The first-order chi connectivity index (χ1) is 14.6. The van der Waals surface area contributed by atoms with Crippen LogP contribution in [0.3, 0.4) is 0 Å². The molecule has 6 heteroatoms. The number of amidine groups is 1. The summed E-state index contributed by atoms with van der Waals surface area (Å²) in [4.78, 5) is 9.92. The third kappa shape index (κ3) is 4.44. The Hall–Kier alpha value is -2.18. The molecule has 0 spiro atoms. The van der Waals surface area contributed by atoms with E-state index in [0.717, 1.165) is 60.5 Å². The summed E-state index contributed by atoms with van der Waals surface area (Å²) in [6, 6.07) is 8.52. The van der Waals surface area contributed by atoms with Gasteiger partial charge in [0.05, 0.1) is 11.7 Å². The van der Waals surface area contributed by atoms with Crippen LogP contribution in [0, 0.1) is 0 Å². The fraction of sp³-hybridized carbons (Fsp3) is 0.458. The Kier molecular flexibility index (Phi) is 6.54. The minimum absolute atomic E-state index is 0.263. The summed E-state index contributed by atoms with van der Waals surface area (Å²) in [6.07, 6.45) is 7.44. The minimum atomic E-state index is 0.263. The number of likely N-dealkylation sites (N-methyl/N-ethyl adjacent to an activating group) is 1. The number of phenols is 1. The van der Waals surface area contributed by atoms with Gasteiger partial charge in [0.1, 0.15) is 17.4 Å². The third-order valence-electron chi connectivity index (χ3n) is 6.32. The van der Waals surface area contributed by atoms with E-state index < -0.39 is 0 Å². The van der Waals surface area contributed by atoms with Gasteiger partial charge in [-0.1, -0.05) is 24.8 Å². The topological polar surface area (TPSA) is 51.1 Å². The number of aliphatic imine (C=N–C) groups is 1. The van der Waals surface area contributed by atoms with E-state index in [1.165, 1.54) is 17.9 Å². The Morgan fingerprint density at radius 2 is 2.03 bits per heavy atom. The monoisotopic (exact) mass is 424 g/mol. The number of hydrogen-bond donors (Lipinski definition) is 2. The first-order valence-corrected chi connectivity index (χ1v) is 12.0. The summed E-state index contributed by atoms with van der Waals surface area (Å²) in [5, 5.41) is 13.8. The lowest BCUT2D eigenvalue weighted by Crippen LogP contribution is -2.43. The molecule has 0 radical (unpaired) electrons. The predicted molar refractivity (Wildman–Crippen MR) is 128 cm³/mol. The highest BCUT2D eigenvalue weighted by atomic mass is 32.2. The maximum absolute atomic E-state index is 10.4. The number of allylic oxidation sites excluding steroid dienone is 2. The first kappa shape index (κ1) is 21.1. The number of thioether (sulfide) groups is 1. The van der Waals surface area contributed by atoms with Crippen LogP contribution in [0.2, 0.25) is 0 Å². The summed E-state index contributed by atoms with van der Waals surface area (Å²) in [5.74, 6) is 4.74.